The maximum atomic E-state index is 9.12. The van der Waals surface area contributed by atoms with Crippen LogP contribution in [0.3, 0.4) is 0 Å². The summed E-state index contributed by atoms with van der Waals surface area (Å²) in [5.41, 5.74) is 1.63. The molecule has 44 heavy (non-hydrogen) atoms. The Hall–Kier alpha value is -2.44. The summed E-state index contributed by atoms with van der Waals surface area (Å²) in [5, 5.41) is 17.9. The van der Waals surface area contributed by atoms with E-state index in [1.54, 1.807) is 0 Å². The Morgan fingerprint density at radius 2 is 0.864 bits per heavy atom. The Labute approximate surface area is 269 Å². The maximum Gasteiger partial charge on any atom is 0.119 e. The van der Waals surface area contributed by atoms with E-state index in [4.69, 9.17) is 14.6 Å². The fourth-order valence-corrected chi connectivity index (χ4v) is 5.39. The van der Waals surface area contributed by atoms with Crippen LogP contribution in [0, 0.1) is 0 Å². The molecular weight excluding hydrogens is 546 g/mol. The Morgan fingerprint density at radius 1 is 0.500 bits per heavy atom. The van der Waals surface area contributed by atoms with Crippen LogP contribution >= 0.6 is 0 Å². The van der Waals surface area contributed by atoms with Crippen LogP contribution in [0.1, 0.15) is 122 Å². The van der Waals surface area contributed by atoms with Crippen molar-refractivity contribution >= 4 is 11.4 Å². The Bertz CT molecular complexity index is 960. The van der Waals surface area contributed by atoms with Gasteiger partial charge in [0.2, 0.25) is 0 Å². The number of nitrogens with zero attached hydrogens (tertiary/aromatic N) is 3. The topological polar surface area (TPSA) is 63.4 Å². The van der Waals surface area contributed by atoms with Crippen LogP contribution in [0.4, 0.5) is 11.4 Å². The molecule has 0 aliphatic carbocycles. The zero-order valence-electron chi connectivity index (χ0n) is 28.5. The molecule has 6 heteroatoms. The van der Waals surface area contributed by atoms with Gasteiger partial charge in [-0.2, -0.15) is 10.2 Å². The van der Waals surface area contributed by atoms with Gasteiger partial charge in [0.05, 0.1) is 51.8 Å². The molecule has 248 valence electrons. The van der Waals surface area contributed by atoms with Crippen LogP contribution in [0.2, 0.25) is 0 Å². The number of hydrogen-bond acceptors (Lipinski definition) is 5. The number of rotatable bonds is 28. The van der Waals surface area contributed by atoms with Gasteiger partial charge in [-0.25, -0.2) is 0 Å². The second-order valence-electron chi connectivity index (χ2n) is 13.0. The SMILES string of the molecule is CCCCCCCCCCCCOc1ccc(N=Nc2ccc(OCCCCCCCCCC[N+](C)(C)CCO)cc2)cc1. The minimum absolute atomic E-state index is 0.278. The highest BCUT2D eigenvalue weighted by atomic mass is 16.5. The van der Waals surface area contributed by atoms with Crippen molar-refractivity contribution in [2.24, 2.45) is 10.2 Å². The summed E-state index contributed by atoms with van der Waals surface area (Å²) in [6, 6.07) is 15.7. The summed E-state index contributed by atoms with van der Waals surface area (Å²) < 4.78 is 12.8. The molecule has 0 spiro atoms. The zero-order valence-corrected chi connectivity index (χ0v) is 28.5. The van der Waals surface area contributed by atoms with Crippen LogP contribution in [-0.4, -0.2) is 56.6 Å². The molecule has 0 atom stereocenters. The Morgan fingerprint density at radius 3 is 1.25 bits per heavy atom. The first-order chi connectivity index (χ1) is 21.5. The molecular formula is C38H64N3O3+. The van der Waals surface area contributed by atoms with E-state index in [1.165, 1.54) is 103 Å². The number of hydrogen-bond donors (Lipinski definition) is 1. The van der Waals surface area contributed by atoms with Crippen molar-refractivity contribution in [1.82, 2.24) is 0 Å². The number of quaternary nitrogens is 1. The van der Waals surface area contributed by atoms with Crippen LogP contribution < -0.4 is 9.47 Å². The zero-order chi connectivity index (χ0) is 31.6. The highest BCUT2D eigenvalue weighted by molar-refractivity contribution is 5.44. The van der Waals surface area contributed by atoms with Gasteiger partial charge in [-0.05, 0) is 74.2 Å². The van der Waals surface area contributed by atoms with E-state index in [1.807, 2.05) is 48.5 Å². The molecule has 0 bridgehead atoms. The van der Waals surface area contributed by atoms with E-state index >= 15 is 0 Å². The van der Waals surface area contributed by atoms with Crippen molar-refractivity contribution in [3.8, 4) is 11.5 Å². The van der Waals surface area contributed by atoms with E-state index in [-0.39, 0.29) is 6.61 Å². The third-order valence-electron chi connectivity index (χ3n) is 8.35. The summed E-state index contributed by atoms with van der Waals surface area (Å²) >= 11 is 0. The van der Waals surface area contributed by atoms with Crippen LogP contribution in [0.25, 0.3) is 0 Å². The number of azo groups is 1. The van der Waals surface area contributed by atoms with Gasteiger partial charge in [0.15, 0.2) is 0 Å². The first-order valence-corrected chi connectivity index (χ1v) is 17.8. The van der Waals surface area contributed by atoms with Gasteiger partial charge in [-0.3, -0.25) is 0 Å². The number of unbranched alkanes of at least 4 members (excludes halogenated alkanes) is 16. The molecule has 0 aromatic heterocycles. The smallest absolute Gasteiger partial charge is 0.119 e. The van der Waals surface area contributed by atoms with Gasteiger partial charge in [0.25, 0.3) is 0 Å². The minimum atomic E-state index is 0.278. The van der Waals surface area contributed by atoms with Crippen molar-refractivity contribution < 1.29 is 19.1 Å². The number of likely N-dealkylation sites (N-methyl/N-ethyl adjacent to an activating group) is 1. The normalized spacial score (nSPS) is 11.8. The third kappa shape index (κ3) is 19.8. The molecule has 0 unspecified atom stereocenters. The fraction of sp³-hybridized carbons (Fsp3) is 0.684. The second-order valence-corrected chi connectivity index (χ2v) is 13.0. The van der Waals surface area contributed by atoms with Gasteiger partial charge >= 0.3 is 0 Å². The summed E-state index contributed by atoms with van der Waals surface area (Å²) in [5.74, 6) is 1.78. The number of aliphatic hydroxyl groups is 1. The van der Waals surface area contributed by atoms with Gasteiger partial charge in [-0.15, -0.1) is 0 Å². The van der Waals surface area contributed by atoms with Gasteiger partial charge in [-0.1, -0.05) is 96.8 Å². The number of benzene rings is 2. The molecule has 0 aliphatic rings. The molecule has 0 saturated carbocycles. The van der Waals surface area contributed by atoms with Crippen molar-refractivity contribution in [1.29, 1.82) is 0 Å². The van der Waals surface area contributed by atoms with E-state index in [2.05, 4.69) is 31.2 Å². The minimum Gasteiger partial charge on any atom is -0.494 e. The summed E-state index contributed by atoms with van der Waals surface area (Å²) in [7, 11) is 4.41. The standard InChI is InChI=1S/C38H64N3O3/c1-4-5-6-7-8-9-11-14-17-20-33-43-37-26-22-35(23-27-37)39-40-36-24-28-38(29-25-36)44-34-21-18-15-12-10-13-16-19-30-41(2,3)31-32-42/h22-29,42H,4-21,30-34H2,1-3H3/q+1. The number of aliphatic hydroxyl groups excluding tert-OH is 1. The molecule has 0 fully saturated rings. The predicted molar refractivity (Wildman–Crippen MR) is 186 cm³/mol. The molecule has 0 radical (unpaired) electrons. The summed E-state index contributed by atoms with van der Waals surface area (Å²) in [6.45, 7) is 6.09. The molecule has 1 N–H and O–H groups in total. The van der Waals surface area contributed by atoms with Crippen molar-refractivity contribution in [3.63, 3.8) is 0 Å². The fourth-order valence-electron chi connectivity index (χ4n) is 5.39. The van der Waals surface area contributed by atoms with Crippen LogP contribution in [-0.2, 0) is 0 Å². The highest BCUT2D eigenvalue weighted by Crippen LogP contribution is 2.23. The maximum absolute atomic E-state index is 9.12. The third-order valence-corrected chi connectivity index (χ3v) is 8.35. The molecule has 0 aliphatic heterocycles. The average molecular weight is 611 g/mol. The van der Waals surface area contributed by atoms with E-state index in [0.29, 0.717) is 0 Å². The van der Waals surface area contributed by atoms with E-state index in [9.17, 15) is 0 Å². The first kappa shape index (κ1) is 37.7. The lowest BCUT2D eigenvalue weighted by molar-refractivity contribution is -0.890. The van der Waals surface area contributed by atoms with Crippen LogP contribution in [0.5, 0.6) is 11.5 Å². The monoisotopic (exact) mass is 610 g/mol. The average Bonchev–Trinajstić information content (AvgIpc) is 3.02. The van der Waals surface area contributed by atoms with Gasteiger partial charge < -0.3 is 19.1 Å². The largest absolute Gasteiger partial charge is 0.494 e. The molecule has 2 aromatic rings. The molecule has 0 saturated heterocycles. The van der Waals surface area contributed by atoms with Gasteiger partial charge in [0.1, 0.15) is 18.0 Å². The molecule has 0 amide bonds. The second kappa shape index (κ2) is 24.8. The number of ether oxygens (including phenoxy) is 2. The predicted octanol–water partition coefficient (Wildman–Crippen LogP) is 11.0. The highest BCUT2D eigenvalue weighted by Gasteiger charge is 2.12. The molecule has 6 nitrogen and oxygen atoms in total. The van der Waals surface area contributed by atoms with Crippen molar-refractivity contribution in [2.75, 3.05) is 47.0 Å². The lowest BCUT2D eigenvalue weighted by Gasteiger charge is -2.28. The summed E-state index contributed by atoms with van der Waals surface area (Å²) in [4.78, 5) is 0. The first-order valence-electron chi connectivity index (χ1n) is 17.8. The quantitative estimate of drug-likeness (QED) is 0.0592. The van der Waals surface area contributed by atoms with E-state index < -0.39 is 0 Å². The van der Waals surface area contributed by atoms with Crippen molar-refractivity contribution in [3.05, 3.63) is 48.5 Å². The van der Waals surface area contributed by atoms with Crippen molar-refractivity contribution in [2.45, 2.75) is 122 Å². The Balaban J connectivity index is 1.48. The summed E-state index contributed by atoms with van der Waals surface area (Å²) in [6.07, 6.45) is 23.4. The molecule has 0 heterocycles. The Kier molecular flexibility index (Phi) is 21.3. The molecule has 2 aromatic carbocycles. The van der Waals surface area contributed by atoms with E-state index in [0.717, 1.165) is 66.5 Å². The van der Waals surface area contributed by atoms with Gasteiger partial charge in [0, 0.05) is 0 Å². The lowest BCUT2D eigenvalue weighted by atomic mass is 10.1. The lowest BCUT2D eigenvalue weighted by Crippen LogP contribution is -2.42. The molecule has 2 rings (SSSR count). The van der Waals surface area contributed by atoms with Crippen LogP contribution in [0.15, 0.2) is 58.8 Å².